The van der Waals surface area contributed by atoms with Crippen molar-refractivity contribution in [3.8, 4) is 11.8 Å². The van der Waals surface area contributed by atoms with E-state index >= 15 is 4.39 Å². The monoisotopic (exact) mass is 493 g/mol. The molecule has 2 atom stereocenters. The summed E-state index contributed by atoms with van der Waals surface area (Å²) in [5, 5.41) is 9.07. The molecule has 0 saturated carbocycles. The van der Waals surface area contributed by atoms with Gasteiger partial charge in [-0.15, -0.1) is 0 Å². The lowest BCUT2D eigenvalue weighted by Gasteiger charge is -2.40. The molecule has 11 heteroatoms. The molecule has 34 heavy (non-hydrogen) atoms. The molecule has 4 rings (SSSR count). The molecule has 4 heterocycles. The number of carbonyl (C=O) groups is 2. The molecule has 9 nitrogen and oxygen atoms in total. The summed E-state index contributed by atoms with van der Waals surface area (Å²) in [6.45, 7) is 10.3. The summed E-state index contributed by atoms with van der Waals surface area (Å²) >= 11 is 6.12. The molecule has 2 fully saturated rings. The van der Waals surface area contributed by atoms with E-state index in [-0.39, 0.29) is 49.3 Å². The first-order valence-corrected chi connectivity index (χ1v) is 11.7. The van der Waals surface area contributed by atoms with E-state index in [4.69, 9.17) is 21.1 Å². The van der Waals surface area contributed by atoms with E-state index in [9.17, 15) is 14.9 Å². The Morgan fingerprint density at radius 1 is 1.32 bits per heavy atom. The van der Waals surface area contributed by atoms with Crippen LogP contribution in [0.4, 0.5) is 15.0 Å². The maximum atomic E-state index is 15.1. The highest BCUT2D eigenvalue weighted by atomic mass is 35.5. The van der Waals surface area contributed by atoms with Crippen LogP contribution in [0.5, 0.6) is 5.75 Å². The second-order valence-electron chi connectivity index (χ2n) is 10.6. The van der Waals surface area contributed by atoms with E-state index in [2.05, 4.69) is 11.1 Å². The van der Waals surface area contributed by atoms with E-state index in [0.717, 1.165) is 0 Å². The number of amides is 2. The van der Waals surface area contributed by atoms with Gasteiger partial charge in [-0.05, 0) is 41.0 Å². The molecule has 0 radical (unpaired) electrons. The summed E-state index contributed by atoms with van der Waals surface area (Å²) in [5.41, 5.74) is -1.14. The molecule has 1 aromatic heterocycles. The van der Waals surface area contributed by atoms with Gasteiger partial charge in [-0.2, -0.15) is 9.65 Å². The summed E-state index contributed by atoms with van der Waals surface area (Å²) < 4.78 is 26.3. The third kappa shape index (κ3) is 4.33. The van der Waals surface area contributed by atoms with Gasteiger partial charge in [-0.1, -0.05) is 11.6 Å². The van der Waals surface area contributed by atoms with Gasteiger partial charge in [0.25, 0.3) is 5.91 Å². The Morgan fingerprint density at radius 3 is 2.65 bits per heavy atom. The Bertz CT molecular complexity index is 1070. The van der Waals surface area contributed by atoms with Crippen LogP contribution in [0.2, 0.25) is 5.15 Å². The molecule has 0 N–H and O–H groups in total. The van der Waals surface area contributed by atoms with Gasteiger partial charge in [0.2, 0.25) is 5.82 Å². The lowest BCUT2D eigenvalue weighted by atomic mass is 9.97. The molecular formula is C23H29ClFN5O4. The fraction of sp³-hybridized carbons (Fsp3) is 0.652. The van der Waals surface area contributed by atoms with Gasteiger partial charge < -0.3 is 24.2 Å². The Hall–Kier alpha value is -2.80. The van der Waals surface area contributed by atoms with Gasteiger partial charge in [0.05, 0.1) is 18.0 Å². The van der Waals surface area contributed by atoms with Crippen LogP contribution in [0.25, 0.3) is 0 Å². The molecule has 0 bridgehead atoms. The zero-order valence-corrected chi connectivity index (χ0v) is 20.8. The molecular weight excluding hydrogens is 465 g/mol. The van der Waals surface area contributed by atoms with E-state index in [1.165, 1.54) is 4.90 Å². The molecule has 0 aliphatic carbocycles. The fourth-order valence-electron chi connectivity index (χ4n) is 4.81. The van der Waals surface area contributed by atoms with E-state index in [1.807, 2.05) is 18.7 Å². The van der Waals surface area contributed by atoms with Gasteiger partial charge in [-0.25, -0.2) is 9.78 Å². The Kier molecular flexibility index (Phi) is 6.05. The average molecular weight is 494 g/mol. The van der Waals surface area contributed by atoms with Crippen LogP contribution in [0.1, 0.15) is 51.4 Å². The molecule has 0 aromatic carbocycles. The van der Waals surface area contributed by atoms with E-state index in [0.29, 0.717) is 13.0 Å². The zero-order chi connectivity index (χ0) is 25.0. The highest BCUT2D eigenvalue weighted by Crippen LogP contribution is 2.43. The fourth-order valence-corrected chi connectivity index (χ4v) is 4.98. The van der Waals surface area contributed by atoms with Crippen LogP contribution < -0.4 is 9.64 Å². The molecule has 1 unspecified atom stereocenters. The number of hydrogen-bond donors (Lipinski definition) is 0. The normalized spacial score (nSPS) is 24.1. The summed E-state index contributed by atoms with van der Waals surface area (Å²) in [4.78, 5) is 35.5. The predicted octanol–water partition coefficient (Wildman–Crippen LogP) is 3.46. The minimum Gasteiger partial charge on any atom is -0.487 e. The van der Waals surface area contributed by atoms with Gasteiger partial charge in [0.15, 0.2) is 10.9 Å². The van der Waals surface area contributed by atoms with E-state index in [1.54, 1.807) is 25.7 Å². The third-order valence-corrected chi connectivity index (χ3v) is 6.63. The predicted molar refractivity (Wildman–Crippen MR) is 122 cm³/mol. The first-order valence-electron chi connectivity index (χ1n) is 11.3. The van der Waals surface area contributed by atoms with Crippen molar-refractivity contribution in [1.82, 2.24) is 14.8 Å². The number of nitriles is 1. The van der Waals surface area contributed by atoms with Gasteiger partial charge >= 0.3 is 6.09 Å². The molecule has 2 saturated heterocycles. The number of piperazine rings is 1. The maximum Gasteiger partial charge on any atom is 0.410 e. The van der Waals surface area contributed by atoms with Crippen LogP contribution in [0.3, 0.4) is 0 Å². The van der Waals surface area contributed by atoms with Gasteiger partial charge in [0.1, 0.15) is 23.6 Å². The van der Waals surface area contributed by atoms with Crippen LogP contribution in [-0.2, 0) is 4.74 Å². The third-order valence-electron chi connectivity index (χ3n) is 6.38. The zero-order valence-electron chi connectivity index (χ0n) is 20.0. The molecule has 2 amide bonds. The molecule has 3 aliphatic rings. The Labute approximate surface area is 203 Å². The van der Waals surface area contributed by atoms with Crippen molar-refractivity contribution in [1.29, 1.82) is 5.26 Å². The number of fused-ring (bicyclic) bond motifs is 2. The largest absolute Gasteiger partial charge is 0.487 e. The summed E-state index contributed by atoms with van der Waals surface area (Å²) in [5.74, 6) is -1.62. The van der Waals surface area contributed by atoms with Crippen molar-refractivity contribution >= 4 is 29.4 Å². The number of anilines is 1. The number of hydrogen-bond acceptors (Lipinski definition) is 7. The highest BCUT2D eigenvalue weighted by molar-refractivity contribution is 6.30. The molecule has 184 valence electrons. The summed E-state index contributed by atoms with van der Waals surface area (Å²) in [7, 11) is 0. The van der Waals surface area contributed by atoms with Crippen molar-refractivity contribution < 1.29 is 23.5 Å². The van der Waals surface area contributed by atoms with Gasteiger partial charge in [0, 0.05) is 31.7 Å². The number of carbonyl (C=O) groups excluding carboxylic acids is 2. The SMILES string of the molecule is CC(C)(C)OC(=O)N1CCN2C(=O)c3c(N4CC(C#N)CC4(C)C)nc(Cl)c(F)c3OC[C@H]2C1. The van der Waals surface area contributed by atoms with Crippen LogP contribution in [0, 0.1) is 23.1 Å². The smallest absolute Gasteiger partial charge is 0.410 e. The van der Waals surface area contributed by atoms with Crippen molar-refractivity contribution in [3.05, 3.63) is 16.5 Å². The lowest BCUT2D eigenvalue weighted by Crippen LogP contribution is -2.58. The second kappa shape index (κ2) is 8.45. The maximum absolute atomic E-state index is 15.1. The summed E-state index contributed by atoms with van der Waals surface area (Å²) in [6, 6.07) is 1.78. The van der Waals surface area contributed by atoms with Crippen molar-refractivity contribution in [3.63, 3.8) is 0 Å². The molecule has 3 aliphatic heterocycles. The first-order chi connectivity index (χ1) is 15.8. The Balaban J connectivity index is 1.69. The minimum atomic E-state index is -0.897. The minimum absolute atomic E-state index is 0.00165. The van der Waals surface area contributed by atoms with Crippen LogP contribution in [0.15, 0.2) is 0 Å². The number of rotatable bonds is 1. The Morgan fingerprint density at radius 2 is 2.03 bits per heavy atom. The quantitative estimate of drug-likeness (QED) is 0.552. The van der Waals surface area contributed by atoms with Crippen LogP contribution >= 0.6 is 11.6 Å². The number of halogens is 2. The van der Waals surface area contributed by atoms with Crippen molar-refractivity contribution in [2.24, 2.45) is 5.92 Å². The van der Waals surface area contributed by atoms with Crippen LogP contribution in [-0.4, -0.2) is 76.8 Å². The number of pyridine rings is 1. The summed E-state index contributed by atoms with van der Waals surface area (Å²) in [6.07, 6.45) is 0.0978. The van der Waals surface area contributed by atoms with Crippen molar-refractivity contribution in [2.75, 3.05) is 37.7 Å². The first kappa shape index (κ1) is 24.3. The van der Waals surface area contributed by atoms with E-state index < -0.39 is 40.2 Å². The van der Waals surface area contributed by atoms with Crippen molar-refractivity contribution in [2.45, 2.75) is 58.2 Å². The average Bonchev–Trinajstić information content (AvgIpc) is 2.98. The number of nitrogens with zero attached hydrogens (tertiary/aromatic N) is 5. The number of aromatic nitrogens is 1. The topological polar surface area (TPSA) is 99.0 Å². The lowest BCUT2D eigenvalue weighted by molar-refractivity contribution is 0.000863. The second-order valence-corrected chi connectivity index (χ2v) is 10.9. The molecule has 0 spiro atoms. The molecule has 1 aromatic rings. The standard InChI is InChI=1S/C23H29ClFN5O4/c1-22(2,3)34-21(32)28-6-7-29-14(11-28)12-33-17-15(20(29)31)19(27-18(24)16(17)25)30-10-13(9-26)8-23(30,4)5/h13-14H,6-8,10-12H2,1-5H3/t13?,14-/m1/s1. The van der Waals surface area contributed by atoms with Gasteiger partial charge in [-0.3, -0.25) is 4.79 Å². The number of ether oxygens (including phenoxy) is 2. The highest BCUT2D eigenvalue weighted by Gasteiger charge is 2.45.